The van der Waals surface area contributed by atoms with Gasteiger partial charge < -0.3 is 5.32 Å². The van der Waals surface area contributed by atoms with E-state index in [9.17, 15) is 0 Å². The average Bonchev–Trinajstić information content (AvgIpc) is 2.63. The van der Waals surface area contributed by atoms with Gasteiger partial charge in [-0.05, 0) is 25.1 Å². The second-order valence-corrected chi connectivity index (χ2v) is 2.83. The third-order valence-electron chi connectivity index (χ3n) is 2.03. The Morgan fingerprint density at radius 2 is 2.00 bits per heavy atom. The third-order valence-corrected chi connectivity index (χ3v) is 2.03. The lowest BCUT2D eigenvalue weighted by Crippen LogP contribution is -1.86. The second kappa shape index (κ2) is 4.65. The zero-order chi connectivity index (χ0) is 10.6. The van der Waals surface area contributed by atoms with Crippen LogP contribution in [0.15, 0.2) is 18.2 Å². The lowest BCUT2D eigenvalue weighted by molar-refractivity contribution is 1.07. The van der Waals surface area contributed by atoms with Gasteiger partial charge in [0.05, 0.1) is 5.52 Å². The van der Waals surface area contributed by atoms with E-state index in [0.717, 1.165) is 16.9 Å². The molecule has 0 unspecified atom stereocenters. The van der Waals surface area contributed by atoms with Crippen LogP contribution in [0.5, 0.6) is 0 Å². The van der Waals surface area contributed by atoms with Gasteiger partial charge in [0.1, 0.15) is 0 Å². The highest BCUT2D eigenvalue weighted by Gasteiger charge is 2.00. The van der Waals surface area contributed by atoms with Crippen LogP contribution in [0.2, 0.25) is 0 Å². The first kappa shape index (κ1) is 10.6. The monoisotopic (exact) mass is 191 g/mol. The molecule has 0 amide bonds. The molecule has 14 heavy (non-hydrogen) atoms. The summed E-state index contributed by atoms with van der Waals surface area (Å²) >= 11 is 0. The lowest BCUT2D eigenvalue weighted by atomic mass is 10.2. The van der Waals surface area contributed by atoms with Gasteiger partial charge in [0, 0.05) is 23.8 Å². The minimum atomic E-state index is 1.01. The average molecular weight is 191 g/mol. The Balaban J connectivity index is 0.000000461. The quantitative estimate of drug-likeness (QED) is 0.727. The molecule has 0 radical (unpaired) electrons. The first-order chi connectivity index (χ1) is 6.81. The SMILES string of the molecule is CC.CNc1ccc2c(C)[nH]nc2c1. The molecule has 3 heteroatoms. The number of aromatic nitrogens is 2. The summed E-state index contributed by atoms with van der Waals surface area (Å²) in [5.41, 5.74) is 3.22. The normalized spacial score (nSPS) is 9.43. The molecule has 0 saturated heterocycles. The van der Waals surface area contributed by atoms with Crippen molar-refractivity contribution in [1.82, 2.24) is 10.2 Å². The highest BCUT2D eigenvalue weighted by molar-refractivity contribution is 5.84. The van der Waals surface area contributed by atoms with E-state index >= 15 is 0 Å². The van der Waals surface area contributed by atoms with Gasteiger partial charge in [-0.2, -0.15) is 5.10 Å². The number of nitrogens with one attached hydrogen (secondary N) is 2. The van der Waals surface area contributed by atoms with E-state index < -0.39 is 0 Å². The molecule has 3 nitrogen and oxygen atoms in total. The van der Waals surface area contributed by atoms with E-state index in [-0.39, 0.29) is 0 Å². The second-order valence-electron chi connectivity index (χ2n) is 2.83. The third kappa shape index (κ3) is 1.87. The summed E-state index contributed by atoms with van der Waals surface area (Å²) in [5.74, 6) is 0. The number of H-pyrrole nitrogens is 1. The highest BCUT2D eigenvalue weighted by Crippen LogP contribution is 2.18. The Bertz CT molecular complexity index is 404. The van der Waals surface area contributed by atoms with E-state index in [1.54, 1.807) is 0 Å². The Kier molecular flexibility index (Phi) is 3.51. The smallest absolute Gasteiger partial charge is 0.0944 e. The predicted octanol–water partition coefficient (Wildman–Crippen LogP) is 2.94. The molecule has 1 aromatic heterocycles. The Morgan fingerprint density at radius 3 is 2.64 bits per heavy atom. The summed E-state index contributed by atoms with van der Waals surface area (Å²) in [5, 5.41) is 11.4. The molecule has 0 aliphatic carbocycles. The van der Waals surface area contributed by atoms with E-state index in [0.29, 0.717) is 0 Å². The van der Waals surface area contributed by atoms with Crippen molar-refractivity contribution in [3.05, 3.63) is 23.9 Å². The predicted molar refractivity (Wildman–Crippen MR) is 61.7 cm³/mol. The Hall–Kier alpha value is -1.51. The largest absolute Gasteiger partial charge is 0.388 e. The maximum Gasteiger partial charge on any atom is 0.0944 e. The van der Waals surface area contributed by atoms with E-state index in [2.05, 4.69) is 21.6 Å². The molecule has 76 valence electrons. The molecule has 2 N–H and O–H groups in total. The number of nitrogens with zero attached hydrogens (tertiary/aromatic N) is 1. The number of hydrogen-bond donors (Lipinski definition) is 2. The van der Waals surface area contributed by atoms with Gasteiger partial charge in [-0.3, -0.25) is 5.10 Å². The molecule has 1 heterocycles. The van der Waals surface area contributed by atoms with Crippen molar-refractivity contribution in [2.75, 3.05) is 12.4 Å². The summed E-state index contributed by atoms with van der Waals surface area (Å²) < 4.78 is 0. The topological polar surface area (TPSA) is 40.7 Å². The number of aryl methyl sites for hydroxylation is 1. The van der Waals surface area contributed by atoms with Crippen molar-refractivity contribution in [3.8, 4) is 0 Å². The van der Waals surface area contributed by atoms with Crippen LogP contribution < -0.4 is 5.32 Å². The van der Waals surface area contributed by atoms with Crippen LogP contribution in [0.4, 0.5) is 5.69 Å². The van der Waals surface area contributed by atoms with Gasteiger partial charge in [-0.25, -0.2) is 0 Å². The standard InChI is InChI=1S/C9H11N3.C2H6/c1-6-8-4-3-7(10-2)5-9(8)12-11-6;1-2/h3-5,10H,1-2H3,(H,11,12);1-2H3. The van der Waals surface area contributed by atoms with Crippen LogP contribution in [0.1, 0.15) is 19.5 Å². The van der Waals surface area contributed by atoms with Crippen LogP contribution >= 0.6 is 0 Å². The summed E-state index contributed by atoms with van der Waals surface area (Å²) in [7, 11) is 1.90. The molecule has 0 aliphatic rings. The lowest BCUT2D eigenvalue weighted by Gasteiger charge is -1.97. The van der Waals surface area contributed by atoms with Gasteiger partial charge in [0.2, 0.25) is 0 Å². The fourth-order valence-electron chi connectivity index (χ4n) is 1.30. The van der Waals surface area contributed by atoms with Gasteiger partial charge in [-0.15, -0.1) is 0 Å². The molecule has 2 rings (SSSR count). The van der Waals surface area contributed by atoms with Gasteiger partial charge in [-0.1, -0.05) is 13.8 Å². The molecular formula is C11H17N3. The Labute approximate surface area is 84.5 Å². The summed E-state index contributed by atoms with van der Waals surface area (Å²) in [4.78, 5) is 0. The fourth-order valence-corrected chi connectivity index (χ4v) is 1.30. The van der Waals surface area contributed by atoms with Crippen LogP contribution in [0.25, 0.3) is 10.9 Å². The number of rotatable bonds is 1. The minimum Gasteiger partial charge on any atom is -0.388 e. The number of fused-ring (bicyclic) bond motifs is 1. The van der Waals surface area contributed by atoms with Crippen LogP contribution in [-0.2, 0) is 0 Å². The summed E-state index contributed by atoms with van der Waals surface area (Å²) in [6, 6.07) is 6.14. The van der Waals surface area contributed by atoms with Crippen molar-refractivity contribution >= 4 is 16.6 Å². The molecule has 0 saturated carbocycles. The fraction of sp³-hybridized carbons (Fsp3) is 0.364. The van der Waals surface area contributed by atoms with Gasteiger partial charge in [0.15, 0.2) is 0 Å². The number of benzene rings is 1. The van der Waals surface area contributed by atoms with Crippen LogP contribution in [0.3, 0.4) is 0 Å². The first-order valence-corrected chi connectivity index (χ1v) is 4.94. The van der Waals surface area contributed by atoms with Crippen molar-refractivity contribution in [1.29, 1.82) is 0 Å². The Morgan fingerprint density at radius 1 is 1.29 bits per heavy atom. The molecular weight excluding hydrogens is 174 g/mol. The summed E-state index contributed by atoms with van der Waals surface area (Å²) in [6.45, 7) is 6.02. The maximum atomic E-state index is 4.16. The number of anilines is 1. The zero-order valence-corrected chi connectivity index (χ0v) is 9.18. The van der Waals surface area contributed by atoms with Crippen LogP contribution in [0, 0.1) is 6.92 Å². The van der Waals surface area contributed by atoms with Crippen LogP contribution in [-0.4, -0.2) is 17.2 Å². The van der Waals surface area contributed by atoms with Crippen molar-refractivity contribution in [2.45, 2.75) is 20.8 Å². The first-order valence-electron chi connectivity index (χ1n) is 4.94. The molecule has 0 spiro atoms. The van der Waals surface area contributed by atoms with E-state index in [1.807, 2.05) is 40.0 Å². The molecule has 0 aliphatic heterocycles. The minimum absolute atomic E-state index is 1.01. The van der Waals surface area contributed by atoms with Gasteiger partial charge >= 0.3 is 0 Å². The molecule has 1 aromatic carbocycles. The highest BCUT2D eigenvalue weighted by atomic mass is 15.1. The van der Waals surface area contributed by atoms with Crippen molar-refractivity contribution < 1.29 is 0 Å². The zero-order valence-electron chi connectivity index (χ0n) is 9.18. The molecule has 2 aromatic rings. The van der Waals surface area contributed by atoms with E-state index in [4.69, 9.17) is 0 Å². The molecule has 0 atom stereocenters. The molecule has 0 bridgehead atoms. The number of hydrogen-bond acceptors (Lipinski definition) is 2. The van der Waals surface area contributed by atoms with Crippen molar-refractivity contribution in [2.24, 2.45) is 0 Å². The molecule has 0 fully saturated rings. The number of aromatic amines is 1. The van der Waals surface area contributed by atoms with E-state index in [1.165, 1.54) is 5.39 Å². The summed E-state index contributed by atoms with van der Waals surface area (Å²) in [6.07, 6.45) is 0. The maximum absolute atomic E-state index is 4.16. The van der Waals surface area contributed by atoms with Crippen molar-refractivity contribution in [3.63, 3.8) is 0 Å². The van der Waals surface area contributed by atoms with Gasteiger partial charge in [0.25, 0.3) is 0 Å².